The Kier molecular flexibility index (Phi) is 5.42. The van der Waals surface area contributed by atoms with E-state index in [1.807, 2.05) is 30.5 Å². The SMILES string of the molecule is Brc1ccc(N=CC=C(Nc2ccc(Br)cc2)C23CC4CC(CC(C4)C2)C3)cc1. The summed E-state index contributed by atoms with van der Waals surface area (Å²) in [5, 5.41) is 3.80. The highest BCUT2D eigenvalue weighted by molar-refractivity contribution is 9.10. The third-order valence-corrected chi connectivity index (χ3v) is 8.08. The van der Waals surface area contributed by atoms with Crippen molar-refractivity contribution < 1.29 is 0 Å². The van der Waals surface area contributed by atoms with Crippen LogP contribution in [0, 0.1) is 23.2 Å². The number of benzene rings is 2. The second kappa shape index (κ2) is 8.03. The molecule has 6 rings (SSSR count). The summed E-state index contributed by atoms with van der Waals surface area (Å²) >= 11 is 7.04. The van der Waals surface area contributed by atoms with Crippen LogP contribution in [-0.4, -0.2) is 6.21 Å². The summed E-state index contributed by atoms with van der Waals surface area (Å²) in [4.78, 5) is 4.70. The van der Waals surface area contributed by atoms with Crippen LogP contribution >= 0.6 is 31.9 Å². The van der Waals surface area contributed by atoms with E-state index in [9.17, 15) is 0 Å². The molecule has 0 unspecified atom stereocenters. The van der Waals surface area contributed by atoms with Crippen LogP contribution in [0.5, 0.6) is 0 Å². The van der Waals surface area contributed by atoms with Crippen molar-refractivity contribution >= 4 is 49.4 Å². The molecular weight excluding hydrogens is 488 g/mol. The quantitative estimate of drug-likeness (QED) is 0.401. The monoisotopic (exact) mass is 512 g/mol. The molecule has 2 nitrogen and oxygen atoms in total. The van der Waals surface area contributed by atoms with Gasteiger partial charge in [-0.15, -0.1) is 0 Å². The maximum Gasteiger partial charge on any atom is 0.0630 e. The molecule has 2 aromatic carbocycles. The maximum absolute atomic E-state index is 4.70. The first kappa shape index (κ1) is 19.6. The summed E-state index contributed by atoms with van der Waals surface area (Å²) in [6.45, 7) is 0. The second-order valence-electron chi connectivity index (χ2n) is 9.16. The highest BCUT2D eigenvalue weighted by Crippen LogP contribution is 2.62. The molecule has 0 amide bonds. The Bertz CT molecular complexity index is 893. The van der Waals surface area contributed by atoms with E-state index in [0.29, 0.717) is 5.41 Å². The molecular formula is C25H26Br2N2. The van der Waals surface area contributed by atoms with Gasteiger partial charge in [0.1, 0.15) is 0 Å². The van der Waals surface area contributed by atoms with Gasteiger partial charge in [-0.05, 0) is 111 Å². The van der Waals surface area contributed by atoms with Crippen LogP contribution in [0.25, 0.3) is 0 Å². The lowest BCUT2D eigenvalue weighted by atomic mass is 9.48. The fourth-order valence-corrected chi connectivity index (χ4v) is 6.73. The van der Waals surface area contributed by atoms with Gasteiger partial charge < -0.3 is 5.32 Å². The molecule has 4 aliphatic rings. The molecule has 0 aliphatic heterocycles. The number of allylic oxidation sites excluding steroid dienone is 2. The molecule has 2 aromatic rings. The van der Waals surface area contributed by atoms with Crippen LogP contribution in [-0.2, 0) is 0 Å². The standard InChI is InChI=1S/C25H26Br2N2/c26-20-1-5-22(6-2-20)28-10-9-24(29-23-7-3-21(27)4-8-23)25-14-17-11-18(15-25)13-19(12-17)16-25/h1-10,17-19,29H,11-16H2. The number of nitrogens with zero attached hydrogens (tertiary/aromatic N) is 1. The Labute approximate surface area is 190 Å². The van der Waals surface area contributed by atoms with E-state index in [2.05, 4.69) is 67.5 Å². The fourth-order valence-electron chi connectivity index (χ4n) is 6.21. The van der Waals surface area contributed by atoms with Crippen molar-refractivity contribution in [1.82, 2.24) is 0 Å². The lowest BCUT2D eigenvalue weighted by Crippen LogP contribution is -2.48. The third kappa shape index (κ3) is 4.25. The molecule has 29 heavy (non-hydrogen) atoms. The predicted octanol–water partition coefficient (Wildman–Crippen LogP) is 8.13. The smallest absolute Gasteiger partial charge is 0.0630 e. The number of rotatable bonds is 5. The van der Waals surface area contributed by atoms with E-state index in [-0.39, 0.29) is 0 Å². The van der Waals surface area contributed by atoms with Crippen molar-refractivity contribution in [1.29, 1.82) is 0 Å². The molecule has 150 valence electrons. The molecule has 0 atom stereocenters. The Morgan fingerprint density at radius 1 is 0.828 bits per heavy atom. The van der Waals surface area contributed by atoms with Gasteiger partial charge in [0.15, 0.2) is 0 Å². The highest BCUT2D eigenvalue weighted by atomic mass is 79.9. The second-order valence-corrected chi connectivity index (χ2v) is 11.0. The number of hydrogen-bond acceptors (Lipinski definition) is 2. The summed E-state index contributed by atoms with van der Waals surface area (Å²) in [6, 6.07) is 16.7. The minimum Gasteiger partial charge on any atom is -0.358 e. The third-order valence-electron chi connectivity index (χ3n) is 7.02. The normalized spacial score (nSPS) is 30.8. The summed E-state index contributed by atoms with van der Waals surface area (Å²) < 4.78 is 2.19. The minimum atomic E-state index is 0.299. The number of aliphatic imine (C=N–C) groups is 1. The summed E-state index contributed by atoms with van der Waals surface area (Å²) in [7, 11) is 0. The summed E-state index contributed by atoms with van der Waals surface area (Å²) in [5.41, 5.74) is 3.80. The van der Waals surface area contributed by atoms with Crippen LogP contribution in [0.1, 0.15) is 38.5 Å². The van der Waals surface area contributed by atoms with Crippen molar-refractivity contribution in [2.75, 3.05) is 5.32 Å². The lowest BCUT2D eigenvalue weighted by molar-refractivity contribution is -0.0296. The summed E-state index contributed by atoms with van der Waals surface area (Å²) in [6.07, 6.45) is 12.6. The van der Waals surface area contributed by atoms with Crippen LogP contribution in [0.2, 0.25) is 0 Å². The zero-order chi connectivity index (χ0) is 19.8. The molecule has 0 saturated heterocycles. The molecule has 0 radical (unpaired) electrons. The van der Waals surface area contributed by atoms with Crippen molar-refractivity contribution in [3.05, 3.63) is 69.2 Å². The Balaban J connectivity index is 1.45. The van der Waals surface area contributed by atoms with Gasteiger partial charge in [-0.25, -0.2) is 0 Å². The first-order valence-corrected chi connectivity index (χ1v) is 12.2. The zero-order valence-corrected chi connectivity index (χ0v) is 19.6. The molecule has 4 fully saturated rings. The molecule has 0 aromatic heterocycles. The minimum absolute atomic E-state index is 0.299. The van der Waals surface area contributed by atoms with Gasteiger partial charge in [-0.3, -0.25) is 4.99 Å². The molecule has 4 bridgehead atoms. The highest BCUT2D eigenvalue weighted by Gasteiger charge is 2.52. The van der Waals surface area contributed by atoms with E-state index in [1.165, 1.54) is 44.2 Å². The first-order chi connectivity index (χ1) is 14.1. The van der Waals surface area contributed by atoms with E-state index in [0.717, 1.165) is 38.1 Å². The fraction of sp³-hybridized carbons (Fsp3) is 0.400. The number of anilines is 1. The van der Waals surface area contributed by atoms with E-state index >= 15 is 0 Å². The average molecular weight is 514 g/mol. The van der Waals surface area contributed by atoms with Crippen molar-refractivity contribution in [2.45, 2.75) is 38.5 Å². The predicted molar refractivity (Wildman–Crippen MR) is 129 cm³/mol. The molecule has 4 saturated carbocycles. The first-order valence-electron chi connectivity index (χ1n) is 10.6. The molecule has 4 heteroatoms. The van der Waals surface area contributed by atoms with Crippen molar-refractivity contribution in [2.24, 2.45) is 28.2 Å². The molecule has 0 spiro atoms. The van der Waals surface area contributed by atoms with Gasteiger partial charge in [-0.2, -0.15) is 0 Å². The van der Waals surface area contributed by atoms with Crippen molar-refractivity contribution in [3.63, 3.8) is 0 Å². The molecule has 0 heterocycles. The maximum atomic E-state index is 4.70. The van der Waals surface area contributed by atoms with Crippen LogP contribution < -0.4 is 5.32 Å². The van der Waals surface area contributed by atoms with E-state index in [4.69, 9.17) is 4.99 Å². The van der Waals surface area contributed by atoms with Gasteiger partial charge in [0, 0.05) is 32.0 Å². The van der Waals surface area contributed by atoms with Crippen LogP contribution in [0.3, 0.4) is 0 Å². The van der Waals surface area contributed by atoms with Gasteiger partial charge in [0.25, 0.3) is 0 Å². The van der Waals surface area contributed by atoms with Gasteiger partial charge in [-0.1, -0.05) is 31.9 Å². The lowest BCUT2D eigenvalue weighted by Gasteiger charge is -2.57. The van der Waals surface area contributed by atoms with Crippen molar-refractivity contribution in [3.8, 4) is 0 Å². The molecule has 4 aliphatic carbocycles. The topological polar surface area (TPSA) is 24.4 Å². The number of halogens is 2. The van der Waals surface area contributed by atoms with Crippen LogP contribution in [0.4, 0.5) is 11.4 Å². The number of hydrogen-bond donors (Lipinski definition) is 1. The Morgan fingerprint density at radius 3 is 1.90 bits per heavy atom. The Morgan fingerprint density at radius 2 is 1.34 bits per heavy atom. The van der Waals surface area contributed by atoms with E-state index < -0.39 is 0 Å². The largest absolute Gasteiger partial charge is 0.358 e. The van der Waals surface area contributed by atoms with Crippen LogP contribution in [0.15, 0.2) is 74.2 Å². The van der Waals surface area contributed by atoms with E-state index in [1.54, 1.807) is 0 Å². The molecule has 1 N–H and O–H groups in total. The zero-order valence-electron chi connectivity index (χ0n) is 16.5. The van der Waals surface area contributed by atoms with Gasteiger partial charge in [0.05, 0.1) is 5.69 Å². The number of nitrogens with one attached hydrogen (secondary N) is 1. The summed E-state index contributed by atoms with van der Waals surface area (Å²) in [5.74, 6) is 2.75. The Hall–Kier alpha value is -1.39. The average Bonchev–Trinajstić information content (AvgIpc) is 2.69. The van der Waals surface area contributed by atoms with Gasteiger partial charge >= 0.3 is 0 Å². The van der Waals surface area contributed by atoms with Gasteiger partial charge in [0.2, 0.25) is 0 Å².